The third-order valence-corrected chi connectivity index (χ3v) is 5.52. The van der Waals surface area contributed by atoms with Gasteiger partial charge in [0.1, 0.15) is 6.10 Å². The molecule has 0 aromatic heterocycles. The normalized spacial score (nSPS) is 30.6. The Morgan fingerprint density at radius 1 is 1.09 bits per heavy atom. The van der Waals surface area contributed by atoms with Crippen LogP contribution in [0.25, 0.3) is 0 Å². The Hall–Kier alpha value is -1.55. The molecule has 3 saturated heterocycles. The lowest BCUT2D eigenvalue weighted by atomic mass is 9.86. The van der Waals surface area contributed by atoms with E-state index in [2.05, 4.69) is 4.90 Å². The maximum Gasteiger partial charge on any atom is 0.414 e. The first-order valence-corrected chi connectivity index (χ1v) is 8.58. The van der Waals surface area contributed by atoms with Gasteiger partial charge in [-0.05, 0) is 63.2 Å². The van der Waals surface area contributed by atoms with Crippen molar-refractivity contribution in [2.24, 2.45) is 5.92 Å². The fourth-order valence-electron chi connectivity index (χ4n) is 3.93. The Labute approximate surface area is 132 Å². The molecule has 1 atom stereocenters. The lowest BCUT2D eigenvalue weighted by molar-refractivity contribution is -0.0319. The van der Waals surface area contributed by atoms with Crippen LogP contribution in [-0.2, 0) is 4.74 Å². The Balaban J connectivity index is 1.49. The van der Waals surface area contributed by atoms with Gasteiger partial charge in [-0.1, -0.05) is 18.2 Å². The Kier molecular flexibility index (Phi) is 3.78. The number of hydrogen-bond acceptors (Lipinski definition) is 3. The van der Waals surface area contributed by atoms with Crippen LogP contribution < -0.4 is 4.90 Å². The largest absolute Gasteiger partial charge is 0.444 e. The number of benzene rings is 1. The first kappa shape index (κ1) is 14.1. The summed E-state index contributed by atoms with van der Waals surface area (Å²) in [6, 6.07) is 10.3. The number of ether oxygens (including phenoxy) is 1. The van der Waals surface area contributed by atoms with E-state index in [4.69, 9.17) is 4.74 Å². The molecule has 4 nitrogen and oxygen atoms in total. The highest BCUT2D eigenvalue weighted by molar-refractivity contribution is 5.88. The van der Waals surface area contributed by atoms with E-state index in [1.54, 1.807) is 0 Å². The molecule has 22 heavy (non-hydrogen) atoms. The van der Waals surface area contributed by atoms with E-state index in [-0.39, 0.29) is 12.2 Å². The summed E-state index contributed by atoms with van der Waals surface area (Å²) in [4.78, 5) is 17.1. The van der Waals surface area contributed by atoms with Crippen LogP contribution in [0.1, 0.15) is 32.1 Å². The van der Waals surface area contributed by atoms with Crippen LogP contribution in [0.5, 0.6) is 0 Å². The van der Waals surface area contributed by atoms with E-state index in [0.717, 1.165) is 25.1 Å². The number of para-hydroxylation sites is 1. The van der Waals surface area contributed by atoms with Crippen molar-refractivity contribution in [3.63, 3.8) is 0 Å². The number of carbonyl (C=O) groups excluding carboxylic acids is 1. The minimum absolute atomic E-state index is 0.0845. The zero-order chi connectivity index (χ0) is 14.9. The van der Waals surface area contributed by atoms with Gasteiger partial charge in [-0.2, -0.15) is 0 Å². The summed E-state index contributed by atoms with van der Waals surface area (Å²) in [7, 11) is 0. The van der Waals surface area contributed by atoms with Crippen molar-refractivity contribution in [3.8, 4) is 0 Å². The molecule has 3 aliphatic heterocycles. The van der Waals surface area contributed by atoms with Gasteiger partial charge in [-0.15, -0.1) is 0 Å². The fraction of sp³-hybridized carbons (Fsp3) is 0.611. The van der Waals surface area contributed by atoms with Gasteiger partial charge in [0, 0.05) is 18.3 Å². The molecule has 4 fully saturated rings. The number of piperidine rings is 3. The molecule has 118 valence electrons. The third kappa shape index (κ3) is 2.60. The number of hydrogen-bond donors (Lipinski definition) is 0. The number of amides is 1. The molecule has 1 aromatic carbocycles. The predicted molar refractivity (Wildman–Crippen MR) is 86.0 cm³/mol. The molecule has 1 aliphatic carbocycles. The SMILES string of the molecule is O=C(OC1CN2CCC1CC2)N(c1ccccc1)C1CCC1. The quantitative estimate of drug-likeness (QED) is 0.859. The maximum atomic E-state index is 12.8. The van der Waals surface area contributed by atoms with E-state index in [0.29, 0.717) is 12.0 Å². The van der Waals surface area contributed by atoms with Crippen LogP contribution in [-0.4, -0.2) is 42.8 Å². The van der Waals surface area contributed by atoms with Gasteiger partial charge in [0.25, 0.3) is 0 Å². The average Bonchev–Trinajstić information content (AvgIpc) is 2.52. The predicted octanol–water partition coefficient (Wildman–Crippen LogP) is 3.28. The molecule has 2 bridgehead atoms. The van der Waals surface area contributed by atoms with Crippen LogP contribution in [0.4, 0.5) is 10.5 Å². The molecule has 0 radical (unpaired) electrons. The lowest BCUT2D eigenvalue weighted by Gasteiger charge is -2.45. The van der Waals surface area contributed by atoms with Crippen molar-refractivity contribution in [1.82, 2.24) is 4.90 Å². The summed E-state index contributed by atoms with van der Waals surface area (Å²) in [5.41, 5.74) is 0.971. The Morgan fingerprint density at radius 3 is 2.36 bits per heavy atom. The molecule has 5 rings (SSSR count). The molecule has 4 heteroatoms. The van der Waals surface area contributed by atoms with Crippen molar-refractivity contribution in [3.05, 3.63) is 30.3 Å². The average molecular weight is 300 g/mol. The number of fused-ring (bicyclic) bond motifs is 3. The summed E-state index contributed by atoms with van der Waals surface area (Å²) < 4.78 is 5.94. The first-order chi connectivity index (χ1) is 10.8. The van der Waals surface area contributed by atoms with Gasteiger partial charge >= 0.3 is 6.09 Å². The Morgan fingerprint density at radius 2 is 1.82 bits per heavy atom. The zero-order valence-corrected chi connectivity index (χ0v) is 13.0. The van der Waals surface area contributed by atoms with Crippen LogP contribution in [0.15, 0.2) is 30.3 Å². The Bertz CT molecular complexity index is 521. The number of rotatable bonds is 3. The van der Waals surface area contributed by atoms with E-state index >= 15 is 0 Å². The molecule has 1 saturated carbocycles. The second kappa shape index (κ2) is 5.92. The van der Waals surface area contributed by atoms with Crippen molar-refractivity contribution in [2.75, 3.05) is 24.5 Å². The molecule has 0 N–H and O–H groups in total. The van der Waals surface area contributed by atoms with E-state index in [1.807, 2.05) is 35.2 Å². The smallest absolute Gasteiger partial charge is 0.414 e. The molecule has 0 spiro atoms. The topological polar surface area (TPSA) is 32.8 Å². The van der Waals surface area contributed by atoms with E-state index in [1.165, 1.54) is 32.4 Å². The standard InChI is InChI=1S/C18H24N2O2/c21-18(22-17-13-19-11-9-14(17)10-12-19)20(16-7-4-8-16)15-5-2-1-3-6-15/h1-3,5-6,14,16-17H,4,7-13H2. The van der Waals surface area contributed by atoms with Gasteiger partial charge < -0.3 is 4.74 Å². The van der Waals surface area contributed by atoms with Crippen molar-refractivity contribution < 1.29 is 9.53 Å². The summed E-state index contributed by atoms with van der Waals surface area (Å²) >= 11 is 0. The molecular weight excluding hydrogens is 276 g/mol. The molecular formula is C18H24N2O2. The highest BCUT2D eigenvalue weighted by Crippen LogP contribution is 2.33. The first-order valence-electron chi connectivity index (χ1n) is 8.58. The highest BCUT2D eigenvalue weighted by atomic mass is 16.6. The van der Waals surface area contributed by atoms with Gasteiger partial charge in [0.05, 0.1) is 0 Å². The van der Waals surface area contributed by atoms with Crippen molar-refractivity contribution in [2.45, 2.75) is 44.2 Å². The summed E-state index contributed by atoms with van der Waals surface area (Å²) in [6.07, 6.45) is 5.67. The minimum atomic E-state index is -0.144. The van der Waals surface area contributed by atoms with Crippen LogP contribution in [0, 0.1) is 5.92 Å². The molecule has 1 unspecified atom stereocenters. The van der Waals surface area contributed by atoms with Crippen molar-refractivity contribution >= 4 is 11.8 Å². The second-order valence-corrected chi connectivity index (χ2v) is 6.85. The van der Waals surface area contributed by atoms with Crippen molar-refractivity contribution in [1.29, 1.82) is 0 Å². The van der Waals surface area contributed by atoms with Crippen LogP contribution in [0.3, 0.4) is 0 Å². The number of anilines is 1. The monoisotopic (exact) mass is 300 g/mol. The number of carbonyl (C=O) groups is 1. The summed E-state index contributed by atoms with van der Waals surface area (Å²) in [5, 5.41) is 0. The summed E-state index contributed by atoms with van der Waals surface area (Å²) in [6.45, 7) is 3.26. The maximum absolute atomic E-state index is 12.8. The van der Waals surface area contributed by atoms with E-state index < -0.39 is 0 Å². The van der Waals surface area contributed by atoms with Gasteiger partial charge in [0.15, 0.2) is 0 Å². The van der Waals surface area contributed by atoms with E-state index in [9.17, 15) is 4.79 Å². The third-order valence-electron chi connectivity index (χ3n) is 5.52. The zero-order valence-electron chi connectivity index (χ0n) is 13.0. The van der Waals surface area contributed by atoms with Gasteiger partial charge in [-0.25, -0.2) is 4.79 Å². The molecule has 3 heterocycles. The molecule has 4 aliphatic rings. The number of nitrogens with zero attached hydrogens (tertiary/aromatic N) is 2. The van der Waals surface area contributed by atoms with Crippen LogP contribution >= 0.6 is 0 Å². The summed E-state index contributed by atoms with van der Waals surface area (Å²) in [5.74, 6) is 0.563. The highest BCUT2D eigenvalue weighted by Gasteiger charge is 2.39. The van der Waals surface area contributed by atoms with Gasteiger partial charge in [0.2, 0.25) is 0 Å². The van der Waals surface area contributed by atoms with Gasteiger partial charge in [-0.3, -0.25) is 9.80 Å². The molecule has 1 aromatic rings. The fourth-order valence-corrected chi connectivity index (χ4v) is 3.93. The van der Waals surface area contributed by atoms with Crippen LogP contribution in [0.2, 0.25) is 0 Å². The second-order valence-electron chi connectivity index (χ2n) is 6.85. The molecule has 1 amide bonds. The minimum Gasteiger partial charge on any atom is -0.444 e. The lowest BCUT2D eigenvalue weighted by Crippen LogP contribution is -2.54.